The molecule has 0 aliphatic carbocycles. The highest BCUT2D eigenvalue weighted by atomic mass is 16.6. The summed E-state index contributed by atoms with van der Waals surface area (Å²) in [7, 11) is 0. The van der Waals surface area contributed by atoms with Crippen LogP contribution in [-0.4, -0.2) is 38.6 Å². The largest absolute Gasteiger partial charge is 0.388 e. The standard InChI is InChI=1S/C10H13N3O3/c1-10(14)6-12(7-10)5-8-2-3-9(4-11-8)13(15)16/h2-4,14H,5-7H2,1H3. The first-order valence-corrected chi connectivity index (χ1v) is 5.00. The lowest BCUT2D eigenvalue weighted by Crippen LogP contribution is -2.59. The van der Waals surface area contributed by atoms with Crippen molar-refractivity contribution < 1.29 is 10.0 Å². The minimum atomic E-state index is -0.596. The molecule has 0 atom stereocenters. The highest BCUT2D eigenvalue weighted by Crippen LogP contribution is 2.21. The summed E-state index contributed by atoms with van der Waals surface area (Å²) >= 11 is 0. The van der Waals surface area contributed by atoms with Crippen LogP contribution in [0, 0.1) is 10.1 Å². The molecule has 0 amide bonds. The van der Waals surface area contributed by atoms with E-state index in [1.807, 2.05) is 4.90 Å². The van der Waals surface area contributed by atoms with Gasteiger partial charge in [-0.15, -0.1) is 0 Å². The Morgan fingerprint density at radius 2 is 2.31 bits per heavy atom. The molecule has 1 saturated heterocycles. The molecule has 0 saturated carbocycles. The Morgan fingerprint density at radius 3 is 2.75 bits per heavy atom. The summed E-state index contributed by atoms with van der Waals surface area (Å²) in [5.41, 5.74) is 0.182. The number of pyridine rings is 1. The summed E-state index contributed by atoms with van der Waals surface area (Å²) in [6.45, 7) is 3.64. The van der Waals surface area contributed by atoms with E-state index in [1.54, 1.807) is 13.0 Å². The second-order valence-corrected chi connectivity index (χ2v) is 4.41. The molecule has 1 aliphatic heterocycles. The van der Waals surface area contributed by atoms with Crippen LogP contribution in [0.15, 0.2) is 18.3 Å². The third kappa shape index (κ3) is 2.34. The molecule has 1 aromatic heterocycles. The summed E-state index contributed by atoms with van der Waals surface area (Å²) in [6.07, 6.45) is 1.26. The highest BCUT2D eigenvalue weighted by molar-refractivity contribution is 5.26. The van der Waals surface area contributed by atoms with Gasteiger partial charge in [-0.3, -0.25) is 20.0 Å². The van der Waals surface area contributed by atoms with Gasteiger partial charge in [-0.05, 0) is 13.0 Å². The van der Waals surface area contributed by atoms with Crippen LogP contribution in [0.1, 0.15) is 12.6 Å². The number of β-amino-alcohol motifs (C(OH)–C–C–N with tert-alkyl or cyclic N) is 1. The van der Waals surface area contributed by atoms with Gasteiger partial charge in [0.15, 0.2) is 0 Å². The SMILES string of the molecule is CC1(O)CN(Cc2ccc([N+](=O)[O-])cn2)C1. The molecular formula is C10H13N3O3. The molecule has 1 N–H and O–H groups in total. The first-order valence-electron chi connectivity index (χ1n) is 5.00. The minimum absolute atomic E-state index is 0.000596. The monoisotopic (exact) mass is 223 g/mol. The molecule has 2 heterocycles. The lowest BCUT2D eigenvalue weighted by atomic mass is 9.97. The average molecular weight is 223 g/mol. The van der Waals surface area contributed by atoms with Crippen molar-refractivity contribution in [3.63, 3.8) is 0 Å². The van der Waals surface area contributed by atoms with Gasteiger partial charge in [0.05, 0.1) is 16.2 Å². The van der Waals surface area contributed by atoms with Crippen LogP contribution in [0.4, 0.5) is 5.69 Å². The smallest absolute Gasteiger partial charge is 0.287 e. The fraction of sp³-hybridized carbons (Fsp3) is 0.500. The van der Waals surface area contributed by atoms with E-state index in [0.29, 0.717) is 19.6 Å². The van der Waals surface area contributed by atoms with Crippen molar-refractivity contribution in [1.29, 1.82) is 0 Å². The molecule has 0 radical (unpaired) electrons. The van der Waals surface area contributed by atoms with Crippen molar-refractivity contribution in [3.05, 3.63) is 34.1 Å². The third-order valence-electron chi connectivity index (χ3n) is 2.53. The Labute approximate surface area is 92.7 Å². The summed E-state index contributed by atoms with van der Waals surface area (Å²) in [6, 6.07) is 3.09. The molecule has 1 aliphatic rings. The van der Waals surface area contributed by atoms with E-state index in [4.69, 9.17) is 0 Å². The van der Waals surface area contributed by atoms with Gasteiger partial charge in [-0.25, -0.2) is 0 Å². The molecule has 6 heteroatoms. The first-order chi connectivity index (χ1) is 7.46. The fourth-order valence-electron chi connectivity index (χ4n) is 1.88. The fourth-order valence-corrected chi connectivity index (χ4v) is 1.88. The van der Waals surface area contributed by atoms with E-state index in [9.17, 15) is 15.2 Å². The summed E-state index contributed by atoms with van der Waals surface area (Å²) in [4.78, 5) is 16.0. The number of nitro groups is 1. The van der Waals surface area contributed by atoms with Crippen molar-refractivity contribution in [1.82, 2.24) is 9.88 Å². The zero-order valence-corrected chi connectivity index (χ0v) is 8.96. The number of likely N-dealkylation sites (tertiary alicyclic amines) is 1. The van der Waals surface area contributed by atoms with Crippen molar-refractivity contribution >= 4 is 5.69 Å². The van der Waals surface area contributed by atoms with Crippen LogP contribution in [0.3, 0.4) is 0 Å². The van der Waals surface area contributed by atoms with Gasteiger partial charge in [0.25, 0.3) is 5.69 Å². The lowest BCUT2D eigenvalue weighted by Gasteiger charge is -2.44. The molecule has 2 rings (SSSR count). The van der Waals surface area contributed by atoms with Gasteiger partial charge in [-0.2, -0.15) is 0 Å². The van der Waals surface area contributed by atoms with Gasteiger partial charge < -0.3 is 5.11 Å². The van der Waals surface area contributed by atoms with E-state index >= 15 is 0 Å². The number of nitrogens with zero attached hydrogens (tertiary/aromatic N) is 3. The molecule has 16 heavy (non-hydrogen) atoms. The minimum Gasteiger partial charge on any atom is -0.388 e. The van der Waals surface area contributed by atoms with E-state index in [2.05, 4.69) is 4.98 Å². The zero-order chi connectivity index (χ0) is 11.8. The van der Waals surface area contributed by atoms with Gasteiger partial charge in [0.2, 0.25) is 0 Å². The number of aromatic nitrogens is 1. The number of aliphatic hydroxyl groups is 1. The third-order valence-corrected chi connectivity index (χ3v) is 2.53. The summed E-state index contributed by atoms with van der Waals surface area (Å²) in [5, 5.41) is 19.9. The Morgan fingerprint density at radius 1 is 1.62 bits per heavy atom. The molecule has 1 aromatic rings. The molecule has 1 fully saturated rings. The van der Waals surface area contributed by atoms with Crippen LogP contribution >= 0.6 is 0 Å². The number of hydrogen-bond acceptors (Lipinski definition) is 5. The van der Waals surface area contributed by atoms with E-state index in [0.717, 1.165) is 5.69 Å². The highest BCUT2D eigenvalue weighted by Gasteiger charge is 2.36. The van der Waals surface area contributed by atoms with Gasteiger partial charge in [-0.1, -0.05) is 0 Å². The van der Waals surface area contributed by atoms with Crippen LogP contribution in [0.25, 0.3) is 0 Å². The number of rotatable bonds is 3. The van der Waals surface area contributed by atoms with Crippen LogP contribution in [0.5, 0.6) is 0 Å². The van der Waals surface area contributed by atoms with Crippen molar-refractivity contribution in [3.8, 4) is 0 Å². The lowest BCUT2D eigenvalue weighted by molar-refractivity contribution is -0.385. The summed E-state index contributed by atoms with van der Waals surface area (Å²) < 4.78 is 0. The van der Waals surface area contributed by atoms with E-state index < -0.39 is 10.5 Å². The van der Waals surface area contributed by atoms with Crippen LogP contribution in [-0.2, 0) is 6.54 Å². The molecule has 0 aromatic carbocycles. The summed E-state index contributed by atoms with van der Waals surface area (Å²) in [5.74, 6) is 0. The Hall–Kier alpha value is -1.53. The molecule has 0 spiro atoms. The zero-order valence-electron chi connectivity index (χ0n) is 8.96. The van der Waals surface area contributed by atoms with Crippen LogP contribution in [0.2, 0.25) is 0 Å². The predicted molar refractivity (Wildman–Crippen MR) is 56.8 cm³/mol. The normalized spacial score (nSPS) is 19.1. The second kappa shape index (κ2) is 3.80. The van der Waals surface area contributed by atoms with Gasteiger partial charge in [0, 0.05) is 25.7 Å². The van der Waals surface area contributed by atoms with Gasteiger partial charge in [0.1, 0.15) is 6.20 Å². The van der Waals surface area contributed by atoms with Crippen molar-refractivity contribution in [2.24, 2.45) is 0 Å². The topological polar surface area (TPSA) is 79.5 Å². The van der Waals surface area contributed by atoms with Crippen molar-refractivity contribution in [2.75, 3.05) is 13.1 Å². The first kappa shape index (κ1) is 11.0. The Balaban J connectivity index is 1.94. The van der Waals surface area contributed by atoms with E-state index in [-0.39, 0.29) is 5.69 Å². The molecule has 0 unspecified atom stereocenters. The molecule has 6 nitrogen and oxygen atoms in total. The number of hydrogen-bond donors (Lipinski definition) is 1. The maximum Gasteiger partial charge on any atom is 0.287 e. The maximum absolute atomic E-state index is 10.4. The quantitative estimate of drug-likeness (QED) is 0.598. The Bertz CT molecular complexity index is 394. The second-order valence-electron chi connectivity index (χ2n) is 4.41. The van der Waals surface area contributed by atoms with Gasteiger partial charge >= 0.3 is 0 Å². The molecule has 86 valence electrons. The molecular weight excluding hydrogens is 210 g/mol. The van der Waals surface area contributed by atoms with Crippen LogP contribution < -0.4 is 0 Å². The Kier molecular flexibility index (Phi) is 2.61. The average Bonchev–Trinajstić information content (AvgIpc) is 2.15. The van der Waals surface area contributed by atoms with E-state index in [1.165, 1.54) is 12.3 Å². The van der Waals surface area contributed by atoms with Crippen molar-refractivity contribution in [2.45, 2.75) is 19.1 Å². The predicted octanol–water partition coefficient (Wildman–Crippen LogP) is 0.556. The maximum atomic E-state index is 10.4. The molecule has 0 bridgehead atoms.